The van der Waals surface area contributed by atoms with E-state index in [0.29, 0.717) is 11.3 Å². The lowest BCUT2D eigenvalue weighted by Crippen LogP contribution is -2.09. The lowest BCUT2D eigenvalue weighted by atomic mass is 10.0. The van der Waals surface area contributed by atoms with Gasteiger partial charge in [0.25, 0.3) is 0 Å². The summed E-state index contributed by atoms with van der Waals surface area (Å²) in [5.41, 5.74) is 2.32. The van der Waals surface area contributed by atoms with Crippen molar-refractivity contribution in [2.75, 3.05) is 0 Å². The van der Waals surface area contributed by atoms with Gasteiger partial charge in [0.15, 0.2) is 11.0 Å². The van der Waals surface area contributed by atoms with Crippen LogP contribution in [0.5, 0.6) is 0 Å². The van der Waals surface area contributed by atoms with Gasteiger partial charge < -0.3 is 9.52 Å². The zero-order chi connectivity index (χ0) is 16.6. The van der Waals surface area contributed by atoms with Gasteiger partial charge in [0, 0.05) is 11.1 Å². The van der Waals surface area contributed by atoms with Crippen LogP contribution in [0.2, 0.25) is 0 Å². The Balaban J connectivity index is 2.32. The van der Waals surface area contributed by atoms with Crippen LogP contribution in [0.15, 0.2) is 51.7 Å². The van der Waals surface area contributed by atoms with E-state index in [-0.39, 0.29) is 22.0 Å². The van der Waals surface area contributed by atoms with Crippen LogP contribution in [0, 0.1) is 6.92 Å². The summed E-state index contributed by atoms with van der Waals surface area (Å²) < 4.78 is 5.84. The van der Waals surface area contributed by atoms with Gasteiger partial charge in [-0.1, -0.05) is 37.3 Å². The summed E-state index contributed by atoms with van der Waals surface area (Å²) in [4.78, 5) is 23.9. The van der Waals surface area contributed by atoms with Gasteiger partial charge >= 0.3 is 5.97 Å². The number of carbonyl (C=O) groups is 1. The topological polar surface area (TPSA) is 67.5 Å². The van der Waals surface area contributed by atoms with Crippen LogP contribution in [0.25, 0.3) is 22.3 Å². The molecule has 0 spiro atoms. The first-order chi connectivity index (χ1) is 11.0. The van der Waals surface area contributed by atoms with Crippen molar-refractivity contribution in [2.24, 2.45) is 0 Å². The van der Waals surface area contributed by atoms with Crippen molar-refractivity contribution in [2.45, 2.75) is 20.3 Å². The first kappa shape index (κ1) is 15.0. The van der Waals surface area contributed by atoms with Crippen LogP contribution in [0.1, 0.15) is 28.4 Å². The predicted molar refractivity (Wildman–Crippen MR) is 89.0 cm³/mol. The summed E-state index contributed by atoms with van der Waals surface area (Å²) in [5, 5.41) is 9.60. The fourth-order valence-electron chi connectivity index (χ4n) is 2.65. The molecule has 1 N–H and O–H groups in total. The lowest BCUT2D eigenvalue weighted by molar-refractivity contribution is 0.0698. The molecule has 0 aliphatic carbocycles. The van der Waals surface area contributed by atoms with E-state index in [2.05, 4.69) is 6.92 Å². The minimum absolute atomic E-state index is 0.00831. The molecule has 0 radical (unpaired) electrons. The normalized spacial score (nSPS) is 10.9. The molecule has 0 aliphatic heterocycles. The fraction of sp³-hybridized carbons (Fsp3) is 0.158. The summed E-state index contributed by atoms with van der Waals surface area (Å²) in [6, 6.07) is 12.3. The fourth-order valence-corrected chi connectivity index (χ4v) is 2.65. The van der Waals surface area contributed by atoms with Gasteiger partial charge in [-0.2, -0.15) is 0 Å². The second kappa shape index (κ2) is 5.72. The molecule has 1 aromatic heterocycles. The van der Waals surface area contributed by atoms with Crippen LogP contribution < -0.4 is 5.43 Å². The molecule has 0 bridgehead atoms. The third kappa shape index (κ3) is 2.52. The van der Waals surface area contributed by atoms with E-state index in [4.69, 9.17) is 4.42 Å². The number of rotatable bonds is 3. The average Bonchev–Trinajstić information content (AvgIpc) is 2.57. The summed E-state index contributed by atoms with van der Waals surface area (Å²) in [5.74, 6) is -0.700. The zero-order valence-corrected chi connectivity index (χ0v) is 12.9. The molecule has 116 valence electrons. The molecular formula is C19H16O4. The first-order valence-corrected chi connectivity index (χ1v) is 7.42. The summed E-state index contributed by atoms with van der Waals surface area (Å²) in [7, 11) is 0. The molecule has 1 heterocycles. The largest absolute Gasteiger partial charge is 0.478 e. The van der Waals surface area contributed by atoms with E-state index in [1.54, 1.807) is 19.1 Å². The standard InChI is InChI=1S/C19H16O4/c1-3-12-7-9-13(10-8-12)17-11(2)16(20)14-5-4-6-15(19(21)22)18(14)23-17/h4-10H,3H2,1-2H3,(H,21,22). The van der Waals surface area contributed by atoms with Crippen LogP contribution in [0.4, 0.5) is 0 Å². The molecule has 23 heavy (non-hydrogen) atoms. The van der Waals surface area contributed by atoms with Crippen LogP contribution in [0.3, 0.4) is 0 Å². The Morgan fingerprint density at radius 2 is 1.83 bits per heavy atom. The summed E-state index contributed by atoms with van der Waals surface area (Å²) in [6.45, 7) is 3.76. The molecular weight excluding hydrogens is 292 g/mol. The van der Waals surface area contributed by atoms with Crippen molar-refractivity contribution >= 4 is 16.9 Å². The van der Waals surface area contributed by atoms with Crippen LogP contribution in [-0.2, 0) is 6.42 Å². The van der Waals surface area contributed by atoms with Crippen LogP contribution >= 0.6 is 0 Å². The van der Waals surface area contributed by atoms with Gasteiger partial charge in [0.1, 0.15) is 11.3 Å². The van der Waals surface area contributed by atoms with Gasteiger partial charge in [0.05, 0.1) is 5.39 Å². The SMILES string of the molecule is CCc1ccc(-c2oc3c(C(=O)O)cccc3c(=O)c2C)cc1. The van der Waals surface area contributed by atoms with Crippen molar-refractivity contribution in [1.82, 2.24) is 0 Å². The number of carboxylic acids is 1. The Labute approximate surface area is 133 Å². The van der Waals surface area contributed by atoms with Gasteiger partial charge in [0.2, 0.25) is 0 Å². The molecule has 0 unspecified atom stereocenters. The predicted octanol–water partition coefficient (Wildman–Crippen LogP) is 4.03. The Morgan fingerprint density at radius 1 is 1.13 bits per heavy atom. The molecule has 0 saturated heterocycles. The Kier molecular flexibility index (Phi) is 3.74. The van der Waals surface area contributed by atoms with Gasteiger partial charge in [-0.05, 0) is 31.0 Å². The number of aromatic carboxylic acids is 1. The smallest absolute Gasteiger partial charge is 0.339 e. The maximum absolute atomic E-state index is 12.6. The van der Waals surface area contributed by atoms with E-state index >= 15 is 0 Å². The van der Waals surface area contributed by atoms with Crippen molar-refractivity contribution < 1.29 is 14.3 Å². The number of aryl methyl sites for hydroxylation is 1. The number of hydrogen-bond donors (Lipinski definition) is 1. The van der Waals surface area contributed by atoms with E-state index in [1.165, 1.54) is 11.6 Å². The van der Waals surface area contributed by atoms with E-state index < -0.39 is 5.97 Å². The highest BCUT2D eigenvalue weighted by molar-refractivity contribution is 6.01. The highest BCUT2D eigenvalue weighted by Crippen LogP contribution is 2.27. The molecule has 4 heteroatoms. The van der Waals surface area contributed by atoms with Crippen molar-refractivity contribution in [1.29, 1.82) is 0 Å². The highest BCUT2D eigenvalue weighted by Gasteiger charge is 2.17. The molecule has 0 saturated carbocycles. The van der Waals surface area contributed by atoms with Gasteiger partial charge in [-0.15, -0.1) is 0 Å². The maximum Gasteiger partial charge on any atom is 0.339 e. The number of benzene rings is 2. The third-order valence-corrected chi connectivity index (χ3v) is 4.00. The minimum atomic E-state index is -1.12. The van der Waals surface area contributed by atoms with Crippen LogP contribution in [-0.4, -0.2) is 11.1 Å². The summed E-state index contributed by atoms with van der Waals surface area (Å²) >= 11 is 0. The molecule has 3 aromatic rings. The molecule has 0 amide bonds. The van der Waals surface area contributed by atoms with Gasteiger partial charge in [-0.25, -0.2) is 4.79 Å². The van der Waals surface area contributed by atoms with Crippen molar-refractivity contribution in [3.05, 3.63) is 69.4 Å². The number of carboxylic acid groups (broad SMARTS) is 1. The van der Waals surface area contributed by atoms with Crippen molar-refractivity contribution in [3.8, 4) is 11.3 Å². The number of hydrogen-bond acceptors (Lipinski definition) is 3. The summed E-state index contributed by atoms with van der Waals surface area (Å²) in [6.07, 6.45) is 0.921. The lowest BCUT2D eigenvalue weighted by Gasteiger charge is -2.09. The Morgan fingerprint density at radius 3 is 2.43 bits per heavy atom. The average molecular weight is 308 g/mol. The zero-order valence-electron chi connectivity index (χ0n) is 12.9. The Hall–Kier alpha value is -2.88. The second-order valence-corrected chi connectivity index (χ2v) is 5.42. The van der Waals surface area contributed by atoms with E-state index in [1.807, 2.05) is 24.3 Å². The molecule has 2 aromatic carbocycles. The third-order valence-electron chi connectivity index (χ3n) is 4.00. The van der Waals surface area contributed by atoms with Crippen molar-refractivity contribution in [3.63, 3.8) is 0 Å². The molecule has 0 atom stereocenters. The highest BCUT2D eigenvalue weighted by atomic mass is 16.4. The Bertz CT molecular complexity index is 950. The second-order valence-electron chi connectivity index (χ2n) is 5.42. The van der Waals surface area contributed by atoms with Gasteiger partial charge in [-0.3, -0.25) is 4.79 Å². The van der Waals surface area contributed by atoms with E-state index in [0.717, 1.165) is 12.0 Å². The molecule has 4 nitrogen and oxygen atoms in total. The maximum atomic E-state index is 12.6. The first-order valence-electron chi connectivity index (χ1n) is 7.42. The number of fused-ring (bicyclic) bond motifs is 1. The quantitative estimate of drug-likeness (QED) is 0.793. The molecule has 0 aliphatic rings. The van der Waals surface area contributed by atoms with E-state index in [9.17, 15) is 14.7 Å². The molecule has 0 fully saturated rings. The minimum Gasteiger partial charge on any atom is -0.478 e. The molecule has 3 rings (SSSR count). The monoisotopic (exact) mass is 308 g/mol. The number of para-hydroxylation sites is 1.